The zero-order valence-corrected chi connectivity index (χ0v) is 16.8. The van der Waals surface area contributed by atoms with Gasteiger partial charge in [-0.25, -0.2) is 4.68 Å². The van der Waals surface area contributed by atoms with Crippen LogP contribution >= 0.6 is 0 Å². The molecule has 1 aliphatic heterocycles. The highest BCUT2D eigenvalue weighted by Crippen LogP contribution is 2.27. The Morgan fingerprint density at radius 3 is 2.79 bits per heavy atom. The lowest BCUT2D eigenvalue weighted by Gasteiger charge is -2.32. The average molecular weight is 396 g/mol. The summed E-state index contributed by atoms with van der Waals surface area (Å²) < 4.78 is 8.66. The first kappa shape index (κ1) is 19.0. The number of aromatic nitrogens is 7. The maximum absolute atomic E-state index is 13.3. The third-order valence-electron chi connectivity index (χ3n) is 5.31. The number of aryl methyl sites for hydroxylation is 1. The van der Waals surface area contributed by atoms with Crippen molar-refractivity contribution in [2.75, 3.05) is 20.2 Å². The van der Waals surface area contributed by atoms with Gasteiger partial charge in [0.2, 0.25) is 5.88 Å². The first-order valence-electron chi connectivity index (χ1n) is 9.70. The molecule has 3 aromatic rings. The first-order chi connectivity index (χ1) is 14.1. The third-order valence-corrected chi connectivity index (χ3v) is 5.31. The van der Waals surface area contributed by atoms with E-state index in [4.69, 9.17) is 4.74 Å². The Hall–Kier alpha value is -3.30. The van der Waals surface area contributed by atoms with Crippen molar-refractivity contribution in [3.05, 3.63) is 41.7 Å². The van der Waals surface area contributed by atoms with Gasteiger partial charge in [-0.05, 0) is 25.3 Å². The highest BCUT2D eigenvalue weighted by molar-refractivity contribution is 5.95. The molecule has 10 nitrogen and oxygen atoms in total. The number of amides is 1. The highest BCUT2D eigenvalue weighted by atomic mass is 16.5. The summed E-state index contributed by atoms with van der Waals surface area (Å²) in [5, 5.41) is 20.8. The van der Waals surface area contributed by atoms with E-state index >= 15 is 0 Å². The van der Waals surface area contributed by atoms with Crippen LogP contribution in [0.2, 0.25) is 0 Å². The molecule has 1 atom stereocenters. The van der Waals surface area contributed by atoms with Gasteiger partial charge in [0, 0.05) is 32.1 Å². The molecule has 0 radical (unpaired) electrons. The van der Waals surface area contributed by atoms with Gasteiger partial charge in [0.1, 0.15) is 12.2 Å². The Morgan fingerprint density at radius 1 is 1.28 bits per heavy atom. The molecule has 10 heteroatoms. The van der Waals surface area contributed by atoms with E-state index in [-0.39, 0.29) is 11.8 Å². The van der Waals surface area contributed by atoms with Crippen LogP contribution in [0.15, 0.2) is 24.7 Å². The normalized spacial score (nSPS) is 16.8. The second-order valence-electron chi connectivity index (χ2n) is 7.09. The molecule has 0 spiro atoms. The van der Waals surface area contributed by atoms with Gasteiger partial charge < -0.3 is 14.2 Å². The monoisotopic (exact) mass is 396 g/mol. The fourth-order valence-corrected chi connectivity index (χ4v) is 3.83. The van der Waals surface area contributed by atoms with E-state index in [0.717, 1.165) is 30.9 Å². The van der Waals surface area contributed by atoms with E-state index in [1.165, 1.54) is 0 Å². The van der Waals surface area contributed by atoms with Gasteiger partial charge in [-0.2, -0.15) is 5.10 Å². The van der Waals surface area contributed by atoms with E-state index in [2.05, 4.69) is 25.5 Å². The van der Waals surface area contributed by atoms with E-state index in [0.29, 0.717) is 30.2 Å². The fraction of sp³-hybridized carbons (Fsp3) is 0.474. The summed E-state index contributed by atoms with van der Waals surface area (Å²) in [6.07, 6.45) is 5.90. The second kappa shape index (κ2) is 7.98. The Balaban J connectivity index is 1.58. The number of methoxy groups -OCH3 is 1. The number of carbonyl (C=O) groups excluding carboxylic acids is 1. The number of hydrogen-bond acceptors (Lipinski definition) is 7. The van der Waals surface area contributed by atoms with Crippen molar-refractivity contribution in [2.45, 2.75) is 32.1 Å². The van der Waals surface area contributed by atoms with Crippen LogP contribution in [0.1, 0.15) is 47.6 Å². The van der Waals surface area contributed by atoms with Crippen molar-refractivity contribution in [3.63, 3.8) is 0 Å². The molecule has 152 valence electrons. The molecule has 0 unspecified atom stereocenters. The SMILES string of the molecule is CCc1c(C(=O)N2CCC[C@H](c3nncn3C)C2)cnn1-c1ccc(OC)nn1. The summed E-state index contributed by atoms with van der Waals surface area (Å²) in [4.78, 5) is 15.2. The van der Waals surface area contributed by atoms with Crippen molar-refractivity contribution < 1.29 is 9.53 Å². The maximum atomic E-state index is 13.3. The van der Waals surface area contributed by atoms with Crippen molar-refractivity contribution >= 4 is 5.91 Å². The van der Waals surface area contributed by atoms with E-state index in [1.807, 2.05) is 23.4 Å². The number of nitrogens with zero attached hydrogens (tertiary/aromatic N) is 8. The van der Waals surface area contributed by atoms with Crippen LogP contribution in [0.4, 0.5) is 0 Å². The molecular weight excluding hydrogens is 372 g/mol. The Kier molecular flexibility index (Phi) is 5.24. The third kappa shape index (κ3) is 3.57. The first-order valence-corrected chi connectivity index (χ1v) is 9.70. The van der Waals surface area contributed by atoms with Crippen LogP contribution in [-0.4, -0.2) is 65.7 Å². The minimum absolute atomic E-state index is 0.0126. The Morgan fingerprint density at radius 2 is 2.14 bits per heavy atom. The van der Waals surface area contributed by atoms with Gasteiger partial charge in [-0.3, -0.25) is 4.79 Å². The van der Waals surface area contributed by atoms with Gasteiger partial charge in [-0.15, -0.1) is 20.4 Å². The van der Waals surface area contributed by atoms with Crippen LogP contribution in [0.3, 0.4) is 0 Å². The molecule has 0 saturated carbocycles. The maximum Gasteiger partial charge on any atom is 0.257 e. The summed E-state index contributed by atoms with van der Waals surface area (Å²) in [7, 11) is 3.48. The summed E-state index contributed by atoms with van der Waals surface area (Å²) in [6.45, 7) is 3.35. The summed E-state index contributed by atoms with van der Waals surface area (Å²) >= 11 is 0. The average Bonchev–Trinajstić information content (AvgIpc) is 3.39. The summed E-state index contributed by atoms with van der Waals surface area (Å²) in [5.41, 5.74) is 1.42. The number of piperidine rings is 1. The number of hydrogen-bond donors (Lipinski definition) is 0. The summed E-state index contributed by atoms with van der Waals surface area (Å²) in [5.74, 6) is 2.08. The molecule has 0 aliphatic carbocycles. The van der Waals surface area contributed by atoms with Gasteiger partial charge in [0.25, 0.3) is 5.91 Å². The lowest BCUT2D eigenvalue weighted by Crippen LogP contribution is -2.40. The highest BCUT2D eigenvalue weighted by Gasteiger charge is 2.30. The molecule has 29 heavy (non-hydrogen) atoms. The molecule has 1 amide bonds. The molecule has 1 aliphatic rings. The molecule has 1 fully saturated rings. The van der Waals surface area contributed by atoms with Gasteiger partial charge in [-0.1, -0.05) is 6.92 Å². The number of ether oxygens (including phenoxy) is 1. The van der Waals surface area contributed by atoms with Crippen LogP contribution in [-0.2, 0) is 13.5 Å². The molecule has 4 rings (SSSR count). The van der Waals surface area contributed by atoms with E-state index < -0.39 is 0 Å². The largest absolute Gasteiger partial charge is 0.480 e. The van der Waals surface area contributed by atoms with Crippen LogP contribution in [0.5, 0.6) is 5.88 Å². The van der Waals surface area contributed by atoms with E-state index in [1.54, 1.807) is 36.4 Å². The standard InChI is InChI=1S/C19H24N8O2/c1-4-15-14(10-21-27(15)16-7-8-17(29-3)23-22-16)19(28)26-9-5-6-13(11-26)18-24-20-12-25(18)2/h7-8,10,12-13H,4-6,9,11H2,1-3H3/t13-/m0/s1. The summed E-state index contributed by atoms with van der Waals surface area (Å²) in [6, 6.07) is 3.50. The van der Waals surface area contributed by atoms with Crippen molar-refractivity contribution in [1.29, 1.82) is 0 Å². The van der Waals surface area contributed by atoms with Crippen LogP contribution in [0, 0.1) is 0 Å². The van der Waals surface area contributed by atoms with Crippen molar-refractivity contribution in [3.8, 4) is 11.7 Å². The molecule has 0 bridgehead atoms. The molecule has 4 heterocycles. The number of rotatable bonds is 5. The van der Waals surface area contributed by atoms with Gasteiger partial charge >= 0.3 is 0 Å². The molecule has 0 N–H and O–H groups in total. The zero-order valence-electron chi connectivity index (χ0n) is 16.8. The molecule has 3 aromatic heterocycles. The predicted octanol–water partition coefficient (Wildman–Crippen LogP) is 1.38. The van der Waals surface area contributed by atoms with Crippen LogP contribution < -0.4 is 4.74 Å². The zero-order chi connectivity index (χ0) is 20.4. The Labute approximate surface area is 168 Å². The lowest BCUT2D eigenvalue weighted by atomic mass is 9.96. The van der Waals surface area contributed by atoms with Gasteiger partial charge in [0.05, 0.1) is 24.6 Å². The topological polar surface area (TPSA) is 104 Å². The van der Waals surface area contributed by atoms with Gasteiger partial charge in [0.15, 0.2) is 5.82 Å². The van der Waals surface area contributed by atoms with Crippen molar-refractivity contribution in [1.82, 2.24) is 39.6 Å². The quantitative estimate of drug-likeness (QED) is 0.642. The van der Waals surface area contributed by atoms with Crippen LogP contribution in [0.25, 0.3) is 5.82 Å². The number of likely N-dealkylation sites (tertiary alicyclic amines) is 1. The fourth-order valence-electron chi connectivity index (χ4n) is 3.83. The van der Waals surface area contributed by atoms with E-state index in [9.17, 15) is 4.79 Å². The second-order valence-corrected chi connectivity index (χ2v) is 7.09. The minimum Gasteiger partial charge on any atom is -0.480 e. The van der Waals surface area contributed by atoms with Crippen molar-refractivity contribution in [2.24, 2.45) is 7.05 Å². The predicted molar refractivity (Wildman–Crippen MR) is 104 cm³/mol. The smallest absolute Gasteiger partial charge is 0.257 e. The lowest BCUT2D eigenvalue weighted by molar-refractivity contribution is 0.0702. The Bertz CT molecular complexity index is 994. The molecular formula is C19H24N8O2. The molecule has 1 saturated heterocycles. The molecule has 0 aromatic carbocycles. The number of carbonyl (C=O) groups is 1. The minimum atomic E-state index is -0.0126.